The van der Waals surface area contributed by atoms with Crippen LogP contribution < -0.4 is 14.8 Å². The van der Waals surface area contributed by atoms with Crippen LogP contribution in [0, 0.1) is 0 Å². The molecular formula is C20H24ClNO3. The highest BCUT2D eigenvalue weighted by Gasteiger charge is 2.16. The fourth-order valence-corrected chi connectivity index (χ4v) is 2.84. The summed E-state index contributed by atoms with van der Waals surface area (Å²) in [6.07, 6.45) is 2.46. The number of benzene rings is 2. The van der Waals surface area contributed by atoms with Crippen LogP contribution in [-0.4, -0.2) is 32.0 Å². The third kappa shape index (κ3) is 5.83. The molecule has 5 heteroatoms. The lowest BCUT2D eigenvalue weighted by molar-refractivity contribution is 0.0680. The van der Waals surface area contributed by atoms with Gasteiger partial charge in [0.25, 0.3) is 0 Å². The second-order valence-electron chi connectivity index (χ2n) is 6.24. The van der Waals surface area contributed by atoms with E-state index in [1.54, 1.807) is 0 Å². The first-order valence-electron chi connectivity index (χ1n) is 8.69. The first-order valence-corrected chi connectivity index (χ1v) is 9.07. The van der Waals surface area contributed by atoms with E-state index in [0.717, 1.165) is 36.6 Å². The lowest BCUT2D eigenvalue weighted by Gasteiger charge is -2.17. The molecule has 2 aromatic rings. The van der Waals surface area contributed by atoms with E-state index in [9.17, 15) is 0 Å². The van der Waals surface area contributed by atoms with Crippen LogP contribution in [0.25, 0.3) is 0 Å². The Bertz CT molecular complexity index is 656. The van der Waals surface area contributed by atoms with Crippen molar-refractivity contribution in [1.82, 2.24) is 0 Å². The van der Waals surface area contributed by atoms with Gasteiger partial charge in [0.2, 0.25) is 0 Å². The molecule has 25 heavy (non-hydrogen) atoms. The van der Waals surface area contributed by atoms with Gasteiger partial charge in [-0.2, -0.15) is 0 Å². The molecule has 4 nitrogen and oxygen atoms in total. The molecule has 2 aromatic carbocycles. The van der Waals surface area contributed by atoms with Gasteiger partial charge in [-0.25, -0.2) is 0 Å². The highest BCUT2D eigenvalue weighted by molar-refractivity contribution is 6.30. The van der Waals surface area contributed by atoms with Gasteiger partial charge in [-0.15, -0.1) is 0 Å². The van der Waals surface area contributed by atoms with Gasteiger partial charge < -0.3 is 19.5 Å². The number of hydrogen-bond acceptors (Lipinski definition) is 4. The Morgan fingerprint density at radius 3 is 2.80 bits per heavy atom. The first kappa shape index (κ1) is 17.9. The molecule has 2 unspecified atom stereocenters. The smallest absolute Gasteiger partial charge is 0.121 e. The summed E-state index contributed by atoms with van der Waals surface area (Å²) in [5, 5.41) is 4.09. The second kappa shape index (κ2) is 8.97. The maximum absolute atomic E-state index is 5.88. The molecule has 0 radical (unpaired) electrons. The van der Waals surface area contributed by atoms with E-state index >= 15 is 0 Å². The molecule has 2 atom stereocenters. The van der Waals surface area contributed by atoms with E-state index in [1.807, 2.05) is 55.5 Å². The van der Waals surface area contributed by atoms with Crippen molar-refractivity contribution in [2.75, 3.05) is 25.1 Å². The van der Waals surface area contributed by atoms with E-state index < -0.39 is 0 Å². The monoisotopic (exact) mass is 361 g/mol. The molecule has 0 bridgehead atoms. The SMILES string of the molecule is CC(CNc1cccc(OCC2CCCO2)c1)Oc1ccc(Cl)cc1. The van der Waals surface area contributed by atoms with Gasteiger partial charge in [-0.3, -0.25) is 0 Å². The molecule has 1 aliphatic heterocycles. The van der Waals surface area contributed by atoms with Crippen LogP contribution in [0.4, 0.5) is 5.69 Å². The molecule has 0 amide bonds. The minimum atomic E-state index is 0.0256. The summed E-state index contributed by atoms with van der Waals surface area (Å²) in [5.41, 5.74) is 1.01. The largest absolute Gasteiger partial charge is 0.491 e. The lowest BCUT2D eigenvalue weighted by atomic mass is 10.2. The maximum Gasteiger partial charge on any atom is 0.121 e. The van der Waals surface area contributed by atoms with Crippen LogP contribution in [-0.2, 0) is 4.74 Å². The predicted octanol–water partition coefficient (Wildman–Crippen LogP) is 4.78. The van der Waals surface area contributed by atoms with Gasteiger partial charge in [-0.1, -0.05) is 17.7 Å². The van der Waals surface area contributed by atoms with Crippen LogP contribution in [0.15, 0.2) is 48.5 Å². The quantitative estimate of drug-likeness (QED) is 0.734. The van der Waals surface area contributed by atoms with Gasteiger partial charge in [0, 0.05) is 23.4 Å². The van der Waals surface area contributed by atoms with Crippen LogP contribution in [0.1, 0.15) is 19.8 Å². The molecule has 1 heterocycles. The second-order valence-corrected chi connectivity index (χ2v) is 6.67. The summed E-state index contributed by atoms with van der Waals surface area (Å²) >= 11 is 5.88. The summed E-state index contributed by atoms with van der Waals surface area (Å²) < 4.78 is 17.3. The molecule has 0 aromatic heterocycles. The molecule has 1 saturated heterocycles. The zero-order valence-electron chi connectivity index (χ0n) is 14.4. The molecule has 134 valence electrons. The fraction of sp³-hybridized carbons (Fsp3) is 0.400. The van der Waals surface area contributed by atoms with E-state index in [0.29, 0.717) is 18.2 Å². The summed E-state index contributed by atoms with van der Waals surface area (Å²) in [5.74, 6) is 1.67. The number of anilines is 1. The first-order chi connectivity index (χ1) is 12.2. The van der Waals surface area contributed by atoms with Crippen LogP contribution in [0.5, 0.6) is 11.5 Å². The topological polar surface area (TPSA) is 39.7 Å². The van der Waals surface area contributed by atoms with Crippen molar-refractivity contribution in [3.8, 4) is 11.5 Å². The third-order valence-electron chi connectivity index (χ3n) is 4.04. The Morgan fingerprint density at radius 2 is 2.04 bits per heavy atom. The predicted molar refractivity (Wildman–Crippen MR) is 101 cm³/mol. The number of nitrogens with one attached hydrogen (secondary N) is 1. The fourth-order valence-electron chi connectivity index (χ4n) is 2.71. The van der Waals surface area contributed by atoms with Crippen molar-refractivity contribution >= 4 is 17.3 Å². The molecular weight excluding hydrogens is 338 g/mol. The number of halogens is 1. The maximum atomic E-state index is 5.88. The van der Waals surface area contributed by atoms with Crippen molar-refractivity contribution in [3.05, 3.63) is 53.6 Å². The van der Waals surface area contributed by atoms with E-state index in [2.05, 4.69) is 5.32 Å². The van der Waals surface area contributed by atoms with Gasteiger partial charge in [0.15, 0.2) is 0 Å². The van der Waals surface area contributed by atoms with Crippen molar-refractivity contribution in [2.24, 2.45) is 0 Å². The average molecular weight is 362 g/mol. The molecule has 0 saturated carbocycles. The Hall–Kier alpha value is -1.91. The number of ether oxygens (including phenoxy) is 3. The Morgan fingerprint density at radius 1 is 1.20 bits per heavy atom. The van der Waals surface area contributed by atoms with E-state index in [4.69, 9.17) is 25.8 Å². The van der Waals surface area contributed by atoms with Crippen molar-refractivity contribution in [2.45, 2.75) is 32.0 Å². The van der Waals surface area contributed by atoms with Crippen LogP contribution in [0.3, 0.4) is 0 Å². The zero-order valence-corrected chi connectivity index (χ0v) is 15.2. The van der Waals surface area contributed by atoms with Crippen LogP contribution in [0.2, 0.25) is 5.02 Å². The Labute approximate surface area is 154 Å². The third-order valence-corrected chi connectivity index (χ3v) is 4.29. The van der Waals surface area contributed by atoms with Crippen molar-refractivity contribution in [3.63, 3.8) is 0 Å². The standard InChI is InChI=1S/C20H24ClNO3/c1-15(25-18-9-7-16(21)8-10-18)13-22-17-4-2-5-19(12-17)24-14-20-6-3-11-23-20/h2,4-5,7-10,12,15,20,22H,3,6,11,13-14H2,1H3. The van der Waals surface area contributed by atoms with Gasteiger partial charge in [-0.05, 0) is 56.2 Å². The average Bonchev–Trinajstić information content (AvgIpc) is 3.14. The highest BCUT2D eigenvalue weighted by atomic mass is 35.5. The van der Waals surface area contributed by atoms with Crippen LogP contribution >= 0.6 is 11.6 Å². The van der Waals surface area contributed by atoms with Gasteiger partial charge in [0.05, 0.1) is 12.6 Å². The zero-order chi connectivity index (χ0) is 17.5. The normalized spacial score (nSPS) is 17.9. The molecule has 3 rings (SSSR count). The summed E-state index contributed by atoms with van der Waals surface area (Å²) in [6, 6.07) is 15.4. The summed E-state index contributed by atoms with van der Waals surface area (Å²) in [6.45, 7) is 4.18. The van der Waals surface area contributed by atoms with E-state index in [-0.39, 0.29) is 12.2 Å². The minimum absolute atomic E-state index is 0.0256. The molecule has 1 fully saturated rings. The molecule has 0 aliphatic carbocycles. The molecule has 1 N–H and O–H groups in total. The Kier molecular flexibility index (Phi) is 6.42. The summed E-state index contributed by atoms with van der Waals surface area (Å²) in [7, 11) is 0. The van der Waals surface area contributed by atoms with E-state index in [1.165, 1.54) is 0 Å². The molecule has 1 aliphatic rings. The molecule has 0 spiro atoms. The minimum Gasteiger partial charge on any atom is -0.491 e. The highest BCUT2D eigenvalue weighted by Crippen LogP contribution is 2.20. The van der Waals surface area contributed by atoms with Gasteiger partial charge in [0.1, 0.15) is 24.2 Å². The van der Waals surface area contributed by atoms with Gasteiger partial charge >= 0.3 is 0 Å². The number of hydrogen-bond donors (Lipinski definition) is 1. The van der Waals surface area contributed by atoms with Crippen molar-refractivity contribution in [1.29, 1.82) is 0 Å². The Balaban J connectivity index is 1.45. The lowest BCUT2D eigenvalue weighted by Crippen LogP contribution is -2.22. The summed E-state index contributed by atoms with van der Waals surface area (Å²) in [4.78, 5) is 0. The number of rotatable bonds is 8. The van der Waals surface area contributed by atoms with Crippen molar-refractivity contribution < 1.29 is 14.2 Å².